The smallest absolute Gasteiger partial charge is 0.0588 e. The molecule has 0 aromatic rings. The maximum atomic E-state index is 6.15. The van der Waals surface area contributed by atoms with Crippen LogP contribution in [0.3, 0.4) is 0 Å². The molecule has 1 saturated carbocycles. The topological polar surface area (TPSA) is 38.5 Å². The van der Waals surface area contributed by atoms with Gasteiger partial charge in [0, 0.05) is 32.3 Å². The fourth-order valence-corrected chi connectivity index (χ4v) is 3.78. The third kappa shape index (κ3) is 2.13. The van der Waals surface area contributed by atoms with E-state index in [9.17, 15) is 0 Å². The molecule has 3 aliphatic rings. The molecule has 1 aliphatic carbocycles. The maximum Gasteiger partial charge on any atom is 0.0588 e. The third-order valence-electron chi connectivity index (χ3n) is 4.78. The van der Waals surface area contributed by atoms with Crippen molar-refractivity contribution in [2.75, 3.05) is 26.2 Å². The van der Waals surface area contributed by atoms with Crippen molar-refractivity contribution in [3.05, 3.63) is 0 Å². The van der Waals surface area contributed by atoms with Gasteiger partial charge in [0.05, 0.1) is 6.10 Å². The van der Waals surface area contributed by atoms with E-state index in [4.69, 9.17) is 10.5 Å². The molecule has 0 bridgehead atoms. The Morgan fingerprint density at radius 1 is 1.19 bits per heavy atom. The zero-order valence-corrected chi connectivity index (χ0v) is 10.1. The van der Waals surface area contributed by atoms with Crippen LogP contribution in [0.1, 0.15) is 32.1 Å². The summed E-state index contributed by atoms with van der Waals surface area (Å²) in [6.07, 6.45) is 6.95. The van der Waals surface area contributed by atoms with Gasteiger partial charge in [-0.2, -0.15) is 0 Å². The molecule has 2 heterocycles. The number of ether oxygens (including phenoxy) is 1. The Morgan fingerprint density at radius 3 is 2.88 bits per heavy atom. The molecular formula is C13H24N2O. The Bertz CT molecular complexity index is 240. The molecular weight excluding hydrogens is 200 g/mol. The molecule has 4 unspecified atom stereocenters. The highest BCUT2D eigenvalue weighted by Crippen LogP contribution is 2.37. The normalized spacial score (nSPS) is 44.1. The van der Waals surface area contributed by atoms with E-state index in [2.05, 4.69) is 4.90 Å². The van der Waals surface area contributed by atoms with Crippen molar-refractivity contribution in [2.24, 2.45) is 17.6 Å². The minimum atomic E-state index is 0.484. The summed E-state index contributed by atoms with van der Waals surface area (Å²) < 4.78 is 5.68. The van der Waals surface area contributed by atoms with Crippen LogP contribution < -0.4 is 5.73 Å². The lowest BCUT2D eigenvalue weighted by molar-refractivity contribution is 0.0939. The number of hydrogen-bond donors (Lipinski definition) is 1. The van der Waals surface area contributed by atoms with Gasteiger partial charge in [-0.3, -0.25) is 0 Å². The predicted octanol–water partition coefficient (Wildman–Crippen LogP) is 1.22. The zero-order chi connectivity index (χ0) is 11.0. The molecule has 3 nitrogen and oxygen atoms in total. The lowest BCUT2D eigenvalue weighted by Crippen LogP contribution is -2.31. The summed E-state index contributed by atoms with van der Waals surface area (Å²) in [6, 6.07) is 0.484. The number of likely N-dealkylation sites (tertiary alicyclic amines) is 1. The average Bonchev–Trinajstić information content (AvgIpc) is 2.95. The molecule has 2 N–H and O–H groups in total. The standard InChI is InChI=1S/C13H24N2O/c14-13-4-3-10-8-15(9-12(10)13)6-5-11-2-1-7-16-11/h10-13H,1-9,14H2. The molecule has 4 atom stereocenters. The van der Waals surface area contributed by atoms with Crippen molar-refractivity contribution < 1.29 is 4.74 Å². The summed E-state index contributed by atoms with van der Waals surface area (Å²) in [5, 5.41) is 0. The van der Waals surface area contributed by atoms with Crippen molar-refractivity contribution in [1.29, 1.82) is 0 Å². The van der Waals surface area contributed by atoms with Gasteiger partial charge in [-0.15, -0.1) is 0 Å². The van der Waals surface area contributed by atoms with Crippen LogP contribution in [-0.2, 0) is 4.74 Å². The Hall–Kier alpha value is -0.120. The molecule has 92 valence electrons. The first-order valence-corrected chi connectivity index (χ1v) is 6.92. The minimum Gasteiger partial charge on any atom is -0.378 e. The van der Waals surface area contributed by atoms with Crippen LogP contribution >= 0.6 is 0 Å². The van der Waals surface area contributed by atoms with E-state index in [1.807, 2.05) is 0 Å². The summed E-state index contributed by atoms with van der Waals surface area (Å²) >= 11 is 0. The molecule has 0 aromatic heterocycles. The van der Waals surface area contributed by atoms with Gasteiger partial charge in [0.15, 0.2) is 0 Å². The summed E-state index contributed by atoms with van der Waals surface area (Å²) in [4.78, 5) is 2.62. The summed E-state index contributed by atoms with van der Waals surface area (Å²) in [5.41, 5.74) is 6.15. The largest absolute Gasteiger partial charge is 0.378 e. The molecule has 3 fully saturated rings. The molecule has 3 rings (SSSR count). The Labute approximate surface area is 98.3 Å². The highest BCUT2D eigenvalue weighted by Gasteiger charge is 2.40. The molecule has 0 radical (unpaired) electrons. The SMILES string of the molecule is NC1CCC2CN(CCC3CCCO3)CC12. The van der Waals surface area contributed by atoms with Gasteiger partial charge in [0.1, 0.15) is 0 Å². The van der Waals surface area contributed by atoms with E-state index in [0.29, 0.717) is 12.1 Å². The average molecular weight is 224 g/mol. The Morgan fingerprint density at radius 2 is 2.12 bits per heavy atom. The van der Waals surface area contributed by atoms with Gasteiger partial charge in [-0.1, -0.05) is 0 Å². The fraction of sp³-hybridized carbons (Fsp3) is 1.00. The molecule has 2 aliphatic heterocycles. The van der Waals surface area contributed by atoms with Crippen LogP contribution in [-0.4, -0.2) is 43.3 Å². The van der Waals surface area contributed by atoms with Crippen LogP contribution in [0.4, 0.5) is 0 Å². The molecule has 16 heavy (non-hydrogen) atoms. The highest BCUT2D eigenvalue weighted by atomic mass is 16.5. The molecule has 3 heteroatoms. The predicted molar refractivity (Wildman–Crippen MR) is 64.2 cm³/mol. The van der Waals surface area contributed by atoms with Crippen LogP contribution in [0.15, 0.2) is 0 Å². The number of hydrogen-bond acceptors (Lipinski definition) is 3. The maximum absolute atomic E-state index is 6.15. The van der Waals surface area contributed by atoms with Gasteiger partial charge < -0.3 is 15.4 Å². The van der Waals surface area contributed by atoms with Crippen LogP contribution in [0.5, 0.6) is 0 Å². The first kappa shape index (κ1) is 11.0. The first-order valence-electron chi connectivity index (χ1n) is 6.92. The van der Waals surface area contributed by atoms with Crippen molar-refractivity contribution in [1.82, 2.24) is 4.90 Å². The second-order valence-corrected chi connectivity index (χ2v) is 5.85. The zero-order valence-electron chi connectivity index (χ0n) is 10.1. The van der Waals surface area contributed by atoms with E-state index < -0.39 is 0 Å². The molecule has 2 saturated heterocycles. The van der Waals surface area contributed by atoms with Gasteiger partial charge in [-0.25, -0.2) is 0 Å². The number of fused-ring (bicyclic) bond motifs is 1. The van der Waals surface area contributed by atoms with Crippen molar-refractivity contribution in [2.45, 2.75) is 44.2 Å². The van der Waals surface area contributed by atoms with Crippen LogP contribution in [0.2, 0.25) is 0 Å². The Balaban J connectivity index is 1.44. The van der Waals surface area contributed by atoms with E-state index >= 15 is 0 Å². The second-order valence-electron chi connectivity index (χ2n) is 5.85. The number of nitrogens with zero attached hydrogens (tertiary/aromatic N) is 1. The van der Waals surface area contributed by atoms with Gasteiger partial charge >= 0.3 is 0 Å². The molecule has 0 aromatic carbocycles. The van der Waals surface area contributed by atoms with Crippen LogP contribution in [0, 0.1) is 11.8 Å². The molecule has 0 amide bonds. The van der Waals surface area contributed by atoms with E-state index in [0.717, 1.165) is 18.4 Å². The Kier molecular flexibility index (Phi) is 3.18. The van der Waals surface area contributed by atoms with Gasteiger partial charge in [0.25, 0.3) is 0 Å². The van der Waals surface area contributed by atoms with Crippen LogP contribution in [0.25, 0.3) is 0 Å². The monoisotopic (exact) mass is 224 g/mol. The first-order chi connectivity index (χ1) is 7.83. The second kappa shape index (κ2) is 4.63. The van der Waals surface area contributed by atoms with Crippen molar-refractivity contribution in [3.63, 3.8) is 0 Å². The fourth-order valence-electron chi connectivity index (χ4n) is 3.78. The quantitative estimate of drug-likeness (QED) is 0.783. The molecule has 0 spiro atoms. The summed E-state index contributed by atoms with van der Waals surface area (Å²) in [7, 11) is 0. The van der Waals surface area contributed by atoms with E-state index in [1.165, 1.54) is 51.7 Å². The number of nitrogens with two attached hydrogens (primary N) is 1. The van der Waals surface area contributed by atoms with E-state index in [1.54, 1.807) is 0 Å². The van der Waals surface area contributed by atoms with Gasteiger partial charge in [0.2, 0.25) is 0 Å². The van der Waals surface area contributed by atoms with E-state index in [-0.39, 0.29) is 0 Å². The summed E-state index contributed by atoms with van der Waals surface area (Å²) in [5.74, 6) is 1.70. The third-order valence-corrected chi connectivity index (χ3v) is 4.78. The highest BCUT2D eigenvalue weighted by molar-refractivity contribution is 4.95. The number of rotatable bonds is 3. The van der Waals surface area contributed by atoms with Crippen molar-refractivity contribution >= 4 is 0 Å². The van der Waals surface area contributed by atoms with Crippen molar-refractivity contribution in [3.8, 4) is 0 Å². The lowest BCUT2D eigenvalue weighted by atomic mass is 9.98. The minimum absolute atomic E-state index is 0.484. The lowest BCUT2D eigenvalue weighted by Gasteiger charge is -2.19. The van der Waals surface area contributed by atoms with Gasteiger partial charge in [-0.05, 0) is 43.9 Å². The summed E-state index contributed by atoms with van der Waals surface area (Å²) in [6.45, 7) is 4.76.